The molecule has 0 saturated heterocycles. The van der Waals surface area contributed by atoms with Crippen molar-refractivity contribution in [1.29, 1.82) is 0 Å². The van der Waals surface area contributed by atoms with E-state index in [-0.39, 0.29) is 5.69 Å². The van der Waals surface area contributed by atoms with Gasteiger partial charge in [-0.25, -0.2) is 4.98 Å². The molecular weight excluding hydrogens is 262 g/mol. The Bertz CT molecular complexity index is 581. The van der Waals surface area contributed by atoms with Gasteiger partial charge < -0.3 is 5.32 Å². The van der Waals surface area contributed by atoms with E-state index in [1.54, 1.807) is 23.5 Å². The molecule has 0 spiro atoms. The molecule has 1 aromatic carbocycles. The molecule has 19 heavy (non-hydrogen) atoms. The first kappa shape index (κ1) is 13.6. The highest BCUT2D eigenvalue weighted by atomic mass is 32.1. The number of rotatable bonds is 5. The zero-order chi connectivity index (χ0) is 13.8. The molecule has 100 valence electrons. The molecule has 5 nitrogen and oxygen atoms in total. The second-order valence-corrected chi connectivity index (χ2v) is 5.59. The number of thiazole rings is 1. The van der Waals surface area contributed by atoms with E-state index in [2.05, 4.69) is 24.1 Å². The molecule has 1 heterocycles. The molecule has 2 rings (SSSR count). The van der Waals surface area contributed by atoms with Crippen molar-refractivity contribution in [2.45, 2.75) is 26.4 Å². The van der Waals surface area contributed by atoms with E-state index in [0.717, 1.165) is 22.0 Å². The fourth-order valence-corrected chi connectivity index (χ4v) is 2.44. The van der Waals surface area contributed by atoms with E-state index >= 15 is 0 Å². The maximum Gasteiger partial charge on any atom is 0.270 e. The number of nitrogens with zero attached hydrogens (tertiary/aromatic N) is 2. The number of benzene rings is 1. The summed E-state index contributed by atoms with van der Waals surface area (Å²) < 4.78 is 0. The van der Waals surface area contributed by atoms with Gasteiger partial charge in [-0.1, -0.05) is 26.0 Å². The average Bonchev–Trinajstić information content (AvgIpc) is 2.85. The molecule has 0 aliphatic heterocycles. The molecule has 6 heteroatoms. The summed E-state index contributed by atoms with van der Waals surface area (Å²) in [5.41, 5.74) is 0.879. The molecule has 1 aromatic heterocycles. The maximum atomic E-state index is 10.7. The monoisotopic (exact) mass is 277 g/mol. The lowest BCUT2D eigenvalue weighted by atomic mass is 10.2. The third-order valence-electron chi connectivity index (χ3n) is 2.54. The molecular formula is C13H15N3O2S. The van der Waals surface area contributed by atoms with Crippen LogP contribution in [0.1, 0.15) is 18.7 Å². The Morgan fingerprint density at radius 1 is 1.47 bits per heavy atom. The Labute approximate surface area is 115 Å². The van der Waals surface area contributed by atoms with E-state index in [0.29, 0.717) is 6.04 Å². The van der Waals surface area contributed by atoms with Gasteiger partial charge in [0.15, 0.2) is 0 Å². The second kappa shape index (κ2) is 5.90. The summed E-state index contributed by atoms with van der Waals surface area (Å²) in [6.45, 7) is 4.94. The Morgan fingerprint density at radius 2 is 2.26 bits per heavy atom. The summed E-state index contributed by atoms with van der Waals surface area (Å²) in [7, 11) is 0. The molecule has 0 atom stereocenters. The number of aromatic nitrogens is 1. The Balaban J connectivity index is 2.18. The molecule has 0 saturated carbocycles. The summed E-state index contributed by atoms with van der Waals surface area (Å²) in [6.07, 6.45) is 1.81. The van der Waals surface area contributed by atoms with E-state index < -0.39 is 4.92 Å². The number of non-ortho nitro benzene ring substituents is 1. The first-order valence-corrected chi connectivity index (χ1v) is 6.81. The van der Waals surface area contributed by atoms with Gasteiger partial charge in [0.2, 0.25) is 0 Å². The van der Waals surface area contributed by atoms with Gasteiger partial charge in [0.25, 0.3) is 5.69 Å². The summed E-state index contributed by atoms with van der Waals surface area (Å²) in [5, 5.41) is 14.9. The zero-order valence-electron chi connectivity index (χ0n) is 10.8. The van der Waals surface area contributed by atoms with Crippen molar-refractivity contribution in [3.05, 3.63) is 45.5 Å². The first-order chi connectivity index (χ1) is 9.06. The van der Waals surface area contributed by atoms with Gasteiger partial charge >= 0.3 is 0 Å². The number of nitro groups is 1. The number of hydrogen-bond donors (Lipinski definition) is 1. The average molecular weight is 277 g/mol. The van der Waals surface area contributed by atoms with Crippen LogP contribution in [0.5, 0.6) is 0 Å². The minimum Gasteiger partial charge on any atom is -0.310 e. The van der Waals surface area contributed by atoms with Crippen molar-refractivity contribution < 1.29 is 4.92 Å². The van der Waals surface area contributed by atoms with Crippen molar-refractivity contribution in [3.63, 3.8) is 0 Å². The Kier molecular flexibility index (Phi) is 4.24. The first-order valence-electron chi connectivity index (χ1n) is 5.99. The molecule has 0 radical (unpaired) electrons. The predicted molar refractivity (Wildman–Crippen MR) is 76.2 cm³/mol. The third kappa shape index (κ3) is 3.59. The van der Waals surface area contributed by atoms with E-state index in [9.17, 15) is 10.1 Å². The van der Waals surface area contributed by atoms with Gasteiger partial charge in [0.05, 0.1) is 4.92 Å². The molecule has 2 aromatic rings. The number of nitro benzene ring substituents is 1. The van der Waals surface area contributed by atoms with Crippen LogP contribution in [-0.4, -0.2) is 15.9 Å². The quantitative estimate of drug-likeness (QED) is 0.673. The molecule has 0 bridgehead atoms. The highest BCUT2D eigenvalue weighted by Crippen LogP contribution is 2.27. The van der Waals surface area contributed by atoms with Crippen LogP contribution in [0, 0.1) is 10.1 Å². The summed E-state index contributed by atoms with van der Waals surface area (Å²) in [5.74, 6) is 0. The molecule has 0 amide bonds. The van der Waals surface area contributed by atoms with Gasteiger partial charge in [-0.05, 0) is 0 Å². The van der Waals surface area contributed by atoms with Crippen molar-refractivity contribution >= 4 is 17.0 Å². The van der Waals surface area contributed by atoms with Crippen LogP contribution >= 0.6 is 11.3 Å². The fraction of sp³-hybridized carbons (Fsp3) is 0.308. The van der Waals surface area contributed by atoms with E-state index in [4.69, 9.17) is 0 Å². The minimum atomic E-state index is -0.391. The Morgan fingerprint density at radius 3 is 2.95 bits per heavy atom. The van der Waals surface area contributed by atoms with Crippen LogP contribution in [0.25, 0.3) is 10.6 Å². The third-order valence-corrected chi connectivity index (χ3v) is 3.59. The fourth-order valence-electron chi connectivity index (χ4n) is 1.58. The van der Waals surface area contributed by atoms with Crippen LogP contribution in [0.2, 0.25) is 0 Å². The van der Waals surface area contributed by atoms with E-state index in [1.165, 1.54) is 6.07 Å². The van der Waals surface area contributed by atoms with Crippen molar-refractivity contribution in [2.24, 2.45) is 0 Å². The second-order valence-electron chi connectivity index (χ2n) is 4.47. The molecule has 0 fully saturated rings. The lowest BCUT2D eigenvalue weighted by Crippen LogP contribution is -2.21. The summed E-state index contributed by atoms with van der Waals surface area (Å²) in [4.78, 5) is 15.8. The van der Waals surface area contributed by atoms with Crippen LogP contribution in [0.4, 0.5) is 5.69 Å². The van der Waals surface area contributed by atoms with Gasteiger partial charge in [-0.2, -0.15) is 0 Å². The lowest BCUT2D eigenvalue weighted by Gasteiger charge is -2.04. The van der Waals surface area contributed by atoms with Crippen molar-refractivity contribution in [2.75, 3.05) is 0 Å². The maximum absolute atomic E-state index is 10.7. The Hall–Kier alpha value is -1.79. The molecule has 0 aliphatic rings. The van der Waals surface area contributed by atoms with Crippen molar-refractivity contribution in [3.8, 4) is 10.6 Å². The minimum absolute atomic E-state index is 0.0922. The molecule has 1 N–H and O–H groups in total. The van der Waals surface area contributed by atoms with E-state index in [1.807, 2.05) is 12.3 Å². The smallest absolute Gasteiger partial charge is 0.270 e. The highest BCUT2D eigenvalue weighted by molar-refractivity contribution is 7.15. The van der Waals surface area contributed by atoms with Gasteiger partial charge in [0, 0.05) is 41.4 Å². The van der Waals surface area contributed by atoms with Crippen LogP contribution in [0.15, 0.2) is 30.5 Å². The molecule has 0 aliphatic carbocycles. The van der Waals surface area contributed by atoms with Gasteiger partial charge in [0.1, 0.15) is 5.01 Å². The largest absolute Gasteiger partial charge is 0.310 e. The number of nitrogens with one attached hydrogen (secondary N) is 1. The van der Waals surface area contributed by atoms with Crippen LogP contribution in [0.3, 0.4) is 0 Å². The van der Waals surface area contributed by atoms with Crippen molar-refractivity contribution in [1.82, 2.24) is 10.3 Å². The normalized spacial score (nSPS) is 10.9. The summed E-state index contributed by atoms with van der Waals surface area (Å²) in [6, 6.07) is 6.98. The standard InChI is InChI=1S/C13H15N3O2S/c1-9(2)14-7-12-8-15-13(19-12)10-4-3-5-11(6-10)16(17)18/h3-6,8-9,14H,7H2,1-2H3. The number of hydrogen-bond acceptors (Lipinski definition) is 5. The van der Waals surface area contributed by atoms with Gasteiger partial charge in [-0.3, -0.25) is 10.1 Å². The zero-order valence-corrected chi connectivity index (χ0v) is 11.6. The van der Waals surface area contributed by atoms with Gasteiger partial charge in [-0.15, -0.1) is 11.3 Å². The predicted octanol–water partition coefficient (Wildman–Crippen LogP) is 3.22. The SMILES string of the molecule is CC(C)NCc1cnc(-c2cccc([N+](=O)[O-])c2)s1. The molecule has 0 unspecified atom stereocenters. The summed E-state index contributed by atoms with van der Waals surface area (Å²) >= 11 is 1.55. The topological polar surface area (TPSA) is 68.1 Å². The lowest BCUT2D eigenvalue weighted by molar-refractivity contribution is -0.384. The van der Waals surface area contributed by atoms with Crippen LogP contribution in [-0.2, 0) is 6.54 Å². The highest BCUT2D eigenvalue weighted by Gasteiger charge is 2.10. The van der Waals surface area contributed by atoms with Crippen LogP contribution < -0.4 is 5.32 Å².